The molecule has 4 atom stereocenters. The Bertz CT molecular complexity index is 727. The Morgan fingerprint density at radius 1 is 1.33 bits per heavy atom. The highest BCUT2D eigenvalue weighted by Gasteiger charge is 2.55. The summed E-state index contributed by atoms with van der Waals surface area (Å²) in [4.78, 5) is 12.1. The number of ether oxygens (including phenoxy) is 1. The summed E-state index contributed by atoms with van der Waals surface area (Å²) in [7, 11) is -3.40. The normalized spacial score (nSPS) is 28.8. The van der Waals surface area contributed by atoms with Crippen LogP contribution in [0.3, 0.4) is 0 Å². The number of halogens is 1. The van der Waals surface area contributed by atoms with E-state index >= 15 is 0 Å². The Morgan fingerprint density at radius 2 is 2.08 bits per heavy atom. The van der Waals surface area contributed by atoms with Gasteiger partial charge in [0.05, 0.1) is 24.4 Å². The summed E-state index contributed by atoms with van der Waals surface area (Å²) in [5, 5.41) is 5.36. The summed E-state index contributed by atoms with van der Waals surface area (Å²) in [6, 6.07) is 4.90. The van der Waals surface area contributed by atoms with Gasteiger partial charge < -0.3 is 15.4 Å². The van der Waals surface area contributed by atoms with Crippen molar-refractivity contribution in [3.05, 3.63) is 35.6 Å². The molecule has 24 heavy (non-hydrogen) atoms. The van der Waals surface area contributed by atoms with Crippen LogP contribution in [0.2, 0.25) is 0 Å². The van der Waals surface area contributed by atoms with Gasteiger partial charge in [0.15, 0.2) is 0 Å². The second-order valence-corrected chi connectivity index (χ2v) is 7.93. The molecule has 0 radical (unpaired) electrons. The number of carbonyl (C=O) groups excluding carboxylic acids is 1. The fourth-order valence-electron chi connectivity index (χ4n) is 3.31. The van der Waals surface area contributed by atoms with Crippen LogP contribution < -0.4 is 15.4 Å². The van der Waals surface area contributed by atoms with Crippen LogP contribution in [0.5, 0.6) is 0 Å². The van der Waals surface area contributed by atoms with Gasteiger partial charge in [-0.3, -0.25) is 0 Å². The summed E-state index contributed by atoms with van der Waals surface area (Å²) in [5.41, 5.74) is 0.383. The average Bonchev–Trinajstić information content (AvgIpc) is 2.94. The summed E-state index contributed by atoms with van der Waals surface area (Å²) >= 11 is 0. The van der Waals surface area contributed by atoms with E-state index < -0.39 is 22.1 Å². The van der Waals surface area contributed by atoms with Crippen LogP contribution in [0.25, 0.3) is 0 Å². The lowest BCUT2D eigenvalue weighted by Crippen LogP contribution is -2.71. The molecule has 3 N–H and O–H groups in total. The van der Waals surface area contributed by atoms with Gasteiger partial charge in [0, 0.05) is 24.6 Å². The first-order valence-electron chi connectivity index (χ1n) is 7.72. The molecule has 1 aliphatic heterocycles. The SMILES string of the molecule is CS(=O)(=O)N[C@H]1[C@H](NC(=O)NCc2ccccc2F)[C@@H]2CCO[C@@H]21. The van der Waals surface area contributed by atoms with Gasteiger partial charge in [-0.2, -0.15) is 0 Å². The Morgan fingerprint density at radius 3 is 2.79 bits per heavy atom. The third-order valence-corrected chi connectivity index (χ3v) is 5.13. The van der Waals surface area contributed by atoms with Crippen molar-refractivity contribution >= 4 is 16.1 Å². The first kappa shape index (κ1) is 17.1. The summed E-state index contributed by atoms with van der Waals surface area (Å²) < 4.78 is 44.5. The van der Waals surface area contributed by atoms with Crippen LogP contribution in [0.15, 0.2) is 24.3 Å². The molecule has 2 fully saturated rings. The molecule has 0 spiro atoms. The third kappa shape index (κ3) is 3.68. The maximum Gasteiger partial charge on any atom is 0.315 e. The Kier molecular flexibility index (Phi) is 4.75. The van der Waals surface area contributed by atoms with Gasteiger partial charge in [-0.15, -0.1) is 0 Å². The molecule has 1 heterocycles. The molecular formula is C15H20FN3O4S. The van der Waals surface area contributed by atoms with Gasteiger partial charge in [-0.1, -0.05) is 18.2 Å². The molecule has 1 aliphatic carbocycles. The lowest BCUT2D eigenvalue weighted by atomic mass is 9.72. The first-order chi connectivity index (χ1) is 11.3. The topological polar surface area (TPSA) is 96.5 Å². The molecule has 2 amide bonds. The van der Waals surface area contributed by atoms with Gasteiger partial charge in [0.2, 0.25) is 10.0 Å². The number of hydrogen-bond acceptors (Lipinski definition) is 4. The third-order valence-electron chi connectivity index (χ3n) is 4.43. The van der Waals surface area contributed by atoms with Gasteiger partial charge in [0.1, 0.15) is 5.82 Å². The fraction of sp³-hybridized carbons (Fsp3) is 0.533. The zero-order chi connectivity index (χ0) is 17.3. The van der Waals surface area contributed by atoms with Crippen molar-refractivity contribution in [2.75, 3.05) is 12.9 Å². The minimum absolute atomic E-state index is 0.0555. The zero-order valence-electron chi connectivity index (χ0n) is 13.2. The minimum atomic E-state index is -3.40. The second-order valence-electron chi connectivity index (χ2n) is 6.15. The Balaban J connectivity index is 1.57. The molecule has 0 bridgehead atoms. The van der Waals surface area contributed by atoms with Crippen molar-refractivity contribution in [1.29, 1.82) is 0 Å². The number of sulfonamides is 1. The maximum absolute atomic E-state index is 13.5. The largest absolute Gasteiger partial charge is 0.376 e. The Labute approximate surface area is 140 Å². The van der Waals surface area contributed by atoms with Crippen molar-refractivity contribution in [2.45, 2.75) is 31.2 Å². The summed E-state index contributed by atoms with van der Waals surface area (Å²) in [6.45, 7) is 0.603. The zero-order valence-corrected chi connectivity index (χ0v) is 14.0. The standard InChI is InChI=1S/C15H20FN3O4S/c1-24(21,22)19-13-12(10-6-7-23-14(10)13)18-15(20)17-8-9-4-2-3-5-11(9)16/h2-5,10,12-14,19H,6-8H2,1H3,(H2,17,18,20)/t10-,12+,13-,14-/m0/s1. The van der Waals surface area contributed by atoms with Crippen LogP contribution in [-0.2, 0) is 21.3 Å². The van der Waals surface area contributed by atoms with Gasteiger partial charge >= 0.3 is 6.03 Å². The number of fused-ring (bicyclic) bond motifs is 1. The van der Waals surface area contributed by atoms with E-state index in [-0.39, 0.29) is 30.4 Å². The number of benzene rings is 1. The highest BCUT2D eigenvalue weighted by atomic mass is 32.2. The van der Waals surface area contributed by atoms with E-state index in [9.17, 15) is 17.6 Å². The molecule has 2 aliphatic rings. The maximum atomic E-state index is 13.5. The summed E-state index contributed by atoms with van der Waals surface area (Å²) in [5.74, 6) is -0.300. The molecule has 1 aromatic carbocycles. The molecule has 0 unspecified atom stereocenters. The van der Waals surface area contributed by atoms with Crippen molar-refractivity contribution in [3.63, 3.8) is 0 Å². The molecule has 3 rings (SSSR count). The highest BCUT2D eigenvalue weighted by Crippen LogP contribution is 2.39. The highest BCUT2D eigenvalue weighted by molar-refractivity contribution is 7.88. The molecule has 1 saturated carbocycles. The van der Waals surface area contributed by atoms with E-state index in [0.29, 0.717) is 12.2 Å². The average molecular weight is 357 g/mol. The van der Waals surface area contributed by atoms with Gasteiger partial charge in [0.25, 0.3) is 0 Å². The fourth-order valence-corrected chi connectivity index (χ4v) is 4.09. The van der Waals surface area contributed by atoms with E-state index in [4.69, 9.17) is 4.74 Å². The van der Waals surface area contributed by atoms with Crippen LogP contribution in [0.1, 0.15) is 12.0 Å². The van der Waals surface area contributed by atoms with E-state index in [2.05, 4.69) is 15.4 Å². The quantitative estimate of drug-likeness (QED) is 0.708. The number of nitrogens with one attached hydrogen (secondary N) is 3. The number of rotatable bonds is 5. The smallest absolute Gasteiger partial charge is 0.315 e. The van der Waals surface area contributed by atoms with E-state index in [1.54, 1.807) is 18.2 Å². The van der Waals surface area contributed by atoms with Crippen molar-refractivity contribution in [3.8, 4) is 0 Å². The van der Waals surface area contributed by atoms with Gasteiger partial charge in [-0.25, -0.2) is 22.3 Å². The molecule has 1 aromatic rings. The van der Waals surface area contributed by atoms with E-state index in [1.165, 1.54) is 6.07 Å². The van der Waals surface area contributed by atoms with Crippen molar-refractivity contribution in [2.24, 2.45) is 5.92 Å². The van der Waals surface area contributed by atoms with Crippen LogP contribution in [0, 0.1) is 11.7 Å². The number of hydrogen-bond donors (Lipinski definition) is 3. The van der Waals surface area contributed by atoms with Crippen molar-refractivity contribution in [1.82, 2.24) is 15.4 Å². The molecule has 0 aromatic heterocycles. The molecule has 7 nitrogen and oxygen atoms in total. The number of urea groups is 1. The molecule has 1 saturated heterocycles. The predicted molar refractivity (Wildman–Crippen MR) is 85.2 cm³/mol. The lowest BCUT2D eigenvalue weighted by Gasteiger charge is -2.47. The minimum Gasteiger partial charge on any atom is -0.376 e. The molecule has 9 heteroatoms. The van der Waals surface area contributed by atoms with E-state index in [1.807, 2.05) is 0 Å². The van der Waals surface area contributed by atoms with E-state index in [0.717, 1.165) is 12.7 Å². The monoisotopic (exact) mass is 357 g/mol. The number of amides is 2. The first-order valence-corrected chi connectivity index (χ1v) is 9.61. The van der Waals surface area contributed by atoms with Crippen LogP contribution in [0.4, 0.5) is 9.18 Å². The Hall–Kier alpha value is -1.71. The van der Waals surface area contributed by atoms with Crippen molar-refractivity contribution < 1.29 is 22.3 Å². The van der Waals surface area contributed by atoms with Crippen LogP contribution >= 0.6 is 0 Å². The molecular weight excluding hydrogens is 337 g/mol. The van der Waals surface area contributed by atoms with Crippen LogP contribution in [-0.4, -0.2) is 45.5 Å². The van der Waals surface area contributed by atoms with Gasteiger partial charge in [-0.05, 0) is 12.5 Å². The number of carbonyl (C=O) groups is 1. The second kappa shape index (κ2) is 6.66. The summed E-state index contributed by atoms with van der Waals surface area (Å²) in [6.07, 6.45) is 1.63. The predicted octanol–water partition coefficient (Wildman–Crippen LogP) is 0.330. The lowest BCUT2D eigenvalue weighted by molar-refractivity contribution is -0.0175. The molecule has 132 valence electrons.